The Morgan fingerprint density at radius 3 is 2.59 bits per heavy atom. The van der Waals surface area contributed by atoms with Crippen molar-refractivity contribution in [3.8, 4) is 0 Å². The number of hydrogen-bond acceptors (Lipinski definition) is 3. The lowest BCUT2D eigenvalue weighted by atomic mass is 10.0. The lowest BCUT2D eigenvalue weighted by Gasteiger charge is -2.24. The number of rotatable bonds is 2. The Hall–Kier alpha value is -1.10. The van der Waals surface area contributed by atoms with E-state index in [1.54, 1.807) is 0 Å². The summed E-state index contributed by atoms with van der Waals surface area (Å²) in [7, 11) is 0. The maximum Gasteiger partial charge on any atom is 0.343 e. The lowest BCUT2D eigenvalue weighted by Crippen LogP contribution is -2.32. The zero-order valence-electron chi connectivity index (χ0n) is 10.1. The van der Waals surface area contributed by atoms with Gasteiger partial charge in [-0.1, -0.05) is 19.3 Å². The van der Waals surface area contributed by atoms with Gasteiger partial charge in [0.05, 0.1) is 6.04 Å². The second-order valence-electron chi connectivity index (χ2n) is 5.20. The van der Waals surface area contributed by atoms with Crippen LogP contribution < -0.4 is 11.0 Å². The van der Waals surface area contributed by atoms with Crippen LogP contribution in [0.5, 0.6) is 0 Å². The number of aromatic amines is 1. The minimum atomic E-state index is -0.0285. The molecule has 1 atom stereocenters. The van der Waals surface area contributed by atoms with Crippen molar-refractivity contribution < 1.29 is 0 Å². The van der Waals surface area contributed by atoms with E-state index in [4.69, 9.17) is 0 Å². The van der Waals surface area contributed by atoms with Crippen LogP contribution >= 0.6 is 0 Å². The van der Waals surface area contributed by atoms with Gasteiger partial charge in [-0.05, 0) is 32.2 Å². The Bertz CT molecular complexity index is 424. The van der Waals surface area contributed by atoms with Crippen LogP contribution in [-0.4, -0.2) is 21.3 Å². The van der Waals surface area contributed by atoms with Crippen molar-refractivity contribution in [2.75, 3.05) is 6.54 Å². The van der Waals surface area contributed by atoms with Crippen LogP contribution in [0.15, 0.2) is 4.79 Å². The molecule has 0 aromatic carbocycles. The van der Waals surface area contributed by atoms with Gasteiger partial charge in [0.2, 0.25) is 0 Å². The Kier molecular flexibility index (Phi) is 3.01. The number of nitrogens with one attached hydrogen (secondary N) is 2. The molecule has 1 aliphatic heterocycles. The smallest absolute Gasteiger partial charge is 0.307 e. The summed E-state index contributed by atoms with van der Waals surface area (Å²) < 4.78 is 1.91. The van der Waals surface area contributed by atoms with Crippen LogP contribution in [-0.2, 0) is 0 Å². The average molecular weight is 236 g/mol. The van der Waals surface area contributed by atoms with Crippen molar-refractivity contribution in [3.63, 3.8) is 0 Å². The van der Waals surface area contributed by atoms with Crippen LogP contribution in [0.25, 0.3) is 0 Å². The number of nitrogens with zero attached hydrogens (tertiary/aromatic N) is 2. The van der Waals surface area contributed by atoms with E-state index < -0.39 is 0 Å². The van der Waals surface area contributed by atoms with E-state index in [-0.39, 0.29) is 11.7 Å². The predicted molar refractivity (Wildman–Crippen MR) is 64.9 cm³/mol. The van der Waals surface area contributed by atoms with Crippen LogP contribution in [0.1, 0.15) is 62.9 Å². The van der Waals surface area contributed by atoms with E-state index in [0.717, 1.165) is 31.6 Å². The van der Waals surface area contributed by atoms with Gasteiger partial charge in [0.15, 0.2) is 5.82 Å². The van der Waals surface area contributed by atoms with Gasteiger partial charge in [0, 0.05) is 6.04 Å². The molecule has 2 fully saturated rings. The summed E-state index contributed by atoms with van der Waals surface area (Å²) in [5.74, 6) is 0.932. The summed E-state index contributed by atoms with van der Waals surface area (Å²) in [6.07, 6.45) is 8.27. The number of piperidine rings is 1. The first-order valence-corrected chi connectivity index (χ1v) is 6.76. The van der Waals surface area contributed by atoms with Gasteiger partial charge in [-0.25, -0.2) is 9.89 Å². The summed E-state index contributed by atoms with van der Waals surface area (Å²) in [6, 6.07) is 0.642. The molecule has 2 aliphatic rings. The van der Waals surface area contributed by atoms with Gasteiger partial charge in [-0.3, -0.25) is 4.57 Å². The fourth-order valence-electron chi connectivity index (χ4n) is 3.15. The Labute approximate surface area is 101 Å². The molecule has 1 saturated heterocycles. The second kappa shape index (κ2) is 4.64. The zero-order valence-corrected chi connectivity index (χ0v) is 10.1. The van der Waals surface area contributed by atoms with Gasteiger partial charge in [0.25, 0.3) is 0 Å². The number of aromatic nitrogens is 3. The topological polar surface area (TPSA) is 62.7 Å². The van der Waals surface area contributed by atoms with Crippen LogP contribution in [0.4, 0.5) is 0 Å². The van der Waals surface area contributed by atoms with Crippen molar-refractivity contribution in [1.82, 2.24) is 20.1 Å². The predicted octanol–water partition coefficient (Wildman–Crippen LogP) is 1.50. The van der Waals surface area contributed by atoms with E-state index in [2.05, 4.69) is 15.5 Å². The van der Waals surface area contributed by atoms with Gasteiger partial charge in [-0.2, -0.15) is 5.10 Å². The van der Waals surface area contributed by atoms with Crippen molar-refractivity contribution in [3.05, 3.63) is 16.3 Å². The third-order valence-electron chi connectivity index (χ3n) is 4.04. The first-order chi connectivity index (χ1) is 8.36. The summed E-state index contributed by atoms with van der Waals surface area (Å²) in [6.45, 7) is 1.04. The number of H-pyrrole nitrogens is 1. The summed E-state index contributed by atoms with van der Waals surface area (Å²) in [5, 5.41) is 10.3. The summed E-state index contributed by atoms with van der Waals surface area (Å²) in [5.41, 5.74) is -0.0285. The highest BCUT2D eigenvalue weighted by molar-refractivity contribution is 4.99. The van der Waals surface area contributed by atoms with Gasteiger partial charge in [-0.15, -0.1) is 0 Å². The molecule has 1 aliphatic carbocycles. The van der Waals surface area contributed by atoms with Crippen LogP contribution in [0, 0.1) is 0 Å². The third-order valence-corrected chi connectivity index (χ3v) is 4.04. The molecule has 94 valence electrons. The first-order valence-electron chi connectivity index (χ1n) is 6.76. The number of hydrogen-bond donors (Lipinski definition) is 2. The highest BCUT2D eigenvalue weighted by atomic mass is 16.1. The van der Waals surface area contributed by atoms with E-state index >= 15 is 0 Å². The molecule has 3 rings (SSSR count). The summed E-state index contributed by atoms with van der Waals surface area (Å²) in [4.78, 5) is 11.9. The molecule has 1 saturated carbocycles. The van der Waals surface area contributed by atoms with E-state index in [1.165, 1.54) is 25.7 Å². The average Bonchev–Trinajstić information content (AvgIpc) is 2.99. The molecule has 0 radical (unpaired) electrons. The minimum Gasteiger partial charge on any atom is -0.307 e. The first kappa shape index (κ1) is 11.0. The Morgan fingerprint density at radius 2 is 1.88 bits per heavy atom. The Morgan fingerprint density at radius 1 is 1.12 bits per heavy atom. The monoisotopic (exact) mass is 236 g/mol. The Balaban J connectivity index is 1.90. The van der Waals surface area contributed by atoms with Crippen LogP contribution in [0.2, 0.25) is 0 Å². The van der Waals surface area contributed by atoms with Gasteiger partial charge in [0.1, 0.15) is 0 Å². The standard InChI is InChI=1S/C12H20N4O/c17-12-15-14-11(10-7-3-4-8-13-10)16(12)9-5-1-2-6-9/h9-10,13H,1-8H2,(H,15,17). The van der Waals surface area contributed by atoms with E-state index in [9.17, 15) is 4.79 Å². The highest BCUT2D eigenvalue weighted by Gasteiger charge is 2.27. The lowest BCUT2D eigenvalue weighted by molar-refractivity contribution is 0.367. The van der Waals surface area contributed by atoms with E-state index in [0.29, 0.717) is 6.04 Å². The van der Waals surface area contributed by atoms with Gasteiger partial charge < -0.3 is 5.32 Å². The molecule has 2 heterocycles. The van der Waals surface area contributed by atoms with E-state index in [1.807, 2.05) is 4.57 Å². The molecule has 5 nitrogen and oxygen atoms in total. The fourth-order valence-corrected chi connectivity index (χ4v) is 3.15. The third kappa shape index (κ3) is 2.04. The molecule has 5 heteroatoms. The molecule has 2 N–H and O–H groups in total. The maximum atomic E-state index is 11.9. The fraction of sp³-hybridized carbons (Fsp3) is 0.833. The quantitative estimate of drug-likeness (QED) is 0.818. The minimum absolute atomic E-state index is 0.0285. The molecular formula is C12H20N4O. The molecule has 0 spiro atoms. The molecule has 0 bridgehead atoms. The van der Waals surface area contributed by atoms with Crippen molar-refractivity contribution in [2.24, 2.45) is 0 Å². The van der Waals surface area contributed by atoms with Crippen molar-refractivity contribution >= 4 is 0 Å². The van der Waals surface area contributed by atoms with Crippen molar-refractivity contribution in [1.29, 1.82) is 0 Å². The maximum absolute atomic E-state index is 11.9. The highest BCUT2D eigenvalue weighted by Crippen LogP contribution is 2.31. The largest absolute Gasteiger partial charge is 0.343 e. The molecule has 0 amide bonds. The van der Waals surface area contributed by atoms with Crippen molar-refractivity contribution in [2.45, 2.75) is 57.0 Å². The van der Waals surface area contributed by atoms with Gasteiger partial charge >= 0.3 is 5.69 Å². The molecule has 1 aromatic heterocycles. The second-order valence-corrected chi connectivity index (χ2v) is 5.20. The molecule has 1 unspecified atom stereocenters. The normalized spacial score (nSPS) is 26.5. The molecule has 17 heavy (non-hydrogen) atoms. The molecule has 1 aromatic rings. The SMILES string of the molecule is O=c1[nH]nc(C2CCCCN2)n1C1CCCC1. The zero-order chi connectivity index (χ0) is 11.7. The summed E-state index contributed by atoms with van der Waals surface area (Å²) >= 11 is 0. The molecular weight excluding hydrogens is 216 g/mol. The van der Waals surface area contributed by atoms with Crippen LogP contribution in [0.3, 0.4) is 0 Å².